The zero-order chi connectivity index (χ0) is 14.8. The topological polar surface area (TPSA) is 6.48 Å². The maximum Gasteiger partial charge on any atom is 0.416 e. The van der Waals surface area contributed by atoms with Gasteiger partial charge in [-0.1, -0.05) is 19.1 Å². The van der Waals surface area contributed by atoms with Crippen LogP contribution in [0.2, 0.25) is 0 Å². The molecular weight excluding hydrogens is 265 g/mol. The summed E-state index contributed by atoms with van der Waals surface area (Å²) in [5.74, 6) is 0.251. The van der Waals surface area contributed by atoms with Crippen molar-refractivity contribution < 1.29 is 13.2 Å². The highest BCUT2D eigenvalue weighted by Crippen LogP contribution is 2.30. The average molecular weight is 286 g/mol. The Morgan fingerprint density at radius 3 is 2.10 bits per heavy atom. The lowest BCUT2D eigenvalue weighted by molar-refractivity contribution is -0.137. The Labute approximate surface area is 118 Å². The average Bonchev–Trinajstić information content (AvgIpc) is 2.40. The van der Waals surface area contributed by atoms with Gasteiger partial charge in [-0.2, -0.15) is 13.2 Å². The molecule has 0 saturated carbocycles. The Kier molecular flexibility index (Phi) is 4.70. The number of likely N-dealkylation sites (N-methyl/N-ethyl adjacent to an activating group) is 1. The summed E-state index contributed by atoms with van der Waals surface area (Å²) in [7, 11) is 2.11. The number of nitrogens with zero attached hydrogens (tertiary/aromatic N) is 2. The lowest BCUT2D eigenvalue weighted by atomic mass is 9.99. The second kappa shape index (κ2) is 6.14. The molecule has 1 aliphatic rings. The van der Waals surface area contributed by atoms with Gasteiger partial charge in [0.05, 0.1) is 5.56 Å². The van der Waals surface area contributed by atoms with Crippen LogP contribution in [0.25, 0.3) is 0 Å². The standard InChI is InChI=1S/C15H21F3N2/c1-12(11-20-9-7-19(2)8-10-20)13-3-5-14(6-4-13)15(16,17)18/h3-6,12H,7-11H2,1-2H3. The van der Waals surface area contributed by atoms with Crippen molar-refractivity contribution in [1.82, 2.24) is 9.80 Å². The third-order valence-corrected chi connectivity index (χ3v) is 3.94. The predicted molar refractivity (Wildman–Crippen MR) is 73.8 cm³/mol. The molecule has 0 amide bonds. The van der Waals surface area contributed by atoms with Crippen molar-refractivity contribution in [3.8, 4) is 0 Å². The lowest BCUT2D eigenvalue weighted by Crippen LogP contribution is -2.45. The van der Waals surface area contributed by atoms with Crippen molar-refractivity contribution in [3.63, 3.8) is 0 Å². The number of benzene rings is 1. The molecule has 1 aromatic carbocycles. The molecule has 1 unspecified atom stereocenters. The Bertz CT molecular complexity index is 420. The zero-order valence-electron chi connectivity index (χ0n) is 12.0. The molecule has 1 aliphatic heterocycles. The summed E-state index contributed by atoms with van der Waals surface area (Å²) < 4.78 is 37.6. The van der Waals surface area contributed by atoms with Crippen molar-refractivity contribution in [2.75, 3.05) is 39.8 Å². The van der Waals surface area contributed by atoms with Gasteiger partial charge in [-0.25, -0.2) is 0 Å². The maximum absolute atomic E-state index is 12.5. The summed E-state index contributed by atoms with van der Waals surface area (Å²) in [5.41, 5.74) is 0.393. The third-order valence-electron chi connectivity index (χ3n) is 3.94. The zero-order valence-corrected chi connectivity index (χ0v) is 12.0. The first-order valence-corrected chi connectivity index (χ1v) is 6.94. The van der Waals surface area contributed by atoms with Crippen LogP contribution in [0, 0.1) is 0 Å². The second-order valence-corrected chi connectivity index (χ2v) is 5.62. The number of hydrogen-bond acceptors (Lipinski definition) is 2. The van der Waals surface area contributed by atoms with E-state index in [9.17, 15) is 13.2 Å². The minimum Gasteiger partial charge on any atom is -0.304 e. The van der Waals surface area contributed by atoms with Gasteiger partial charge in [-0.15, -0.1) is 0 Å². The summed E-state index contributed by atoms with van der Waals surface area (Å²) in [5, 5.41) is 0. The molecule has 1 aromatic rings. The first kappa shape index (κ1) is 15.3. The van der Waals surface area contributed by atoms with E-state index in [2.05, 4.69) is 23.8 Å². The molecule has 2 nitrogen and oxygen atoms in total. The van der Waals surface area contributed by atoms with Crippen LogP contribution in [-0.2, 0) is 6.18 Å². The lowest BCUT2D eigenvalue weighted by Gasteiger charge is -2.34. The number of hydrogen-bond donors (Lipinski definition) is 0. The first-order valence-electron chi connectivity index (χ1n) is 6.94. The van der Waals surface area contributed by atoms with Crippen molar-refractivity contribution in [2.24, 2.45) is 0 Å². The third kappa shape index (κ3) is 3.96. The van der Waals surface area contributed by atoms with Gasteiger partial charge in [-0.3, -0.25) is 0 Å². The Hall–Kier alpha value is -1.07. The molecule has 1 heterocycles. The van der Waals surface area contributed by atoms with Crippen molar-refractivity contribution >= 4 is 0 Å². The van der Waals surface area contributed by atoms with E-state index in [-0.39, 0.29) is 5.92 Å². The summed E-state index contributed by atoms with van der Waals surface area (Å²) in [6.07, 6.45) is -4.25. The van der Waals surface area contributed by atoms with E-state index in [0.29, 0.717) is 0 Å². The van der Waals surface area contributed by atoms with Gasteiger partial charge in [-0.05, 0) is 30.7 Å². The Balaban J connectivity index is 1.94. The predicted octanol–water partition coefficient (Wildman–Crippen LogP) is 3.06. The van der Waals surface area contributed by atoms with Gasteiger partial charge in [0.15, 0.2) is 0 Å². The molecule has 1 fully saturated rings. The number of piperazine rings is 1. The molecule has 112 valence electrons. The van der Waals surface area contributed by atoms with Crippen molar-refractivity contribution in [2.45, 2.75) is 19.0 Å². The highest BCUT2D eigenvalue weighted by molar-refractivity contribution is 5.27. The van der Waals surface area contributed by atoms with Crippen LogP contribution in [0.1, 0.15) is 24.0 Å². The van der Waals surface area contributed by atoms with Crippen LogP contribution in [0.3, 0.4) is 0 Å². The SMILES string of the molecule is CC(CN1CCN(C)CC1)c1ccc(C(F)(F)F)cc1. The van der Waals surface area contributed by atoms with E-state index in [0.717, 1.165) is 38.3 Å². The van der Waals surface area contributed by atoms with Gasteiger partial charge in [0.25, 0.3) is 0 Å². The highest BCUT2D eigenvalue weighted by atomic mass is 19.4. The minimum atomic E-state index is -4.25. The Morgan fingerprint density at radius 1 is 1.05 bits per heavy atom. The van der Waals surface area contributed by atoms with Gasteiger partial charge >= 0.3 is 6.18 Å². The first-order chi connectivity index (χ1) is 9.36. The van der Waals surface area contributed by atoms with E-state index in [4.69, 9.17) is 0 Å². The fourth-order valence-electron chi connectivity index (χ4n) is 2.52. The molecule has 1 atom stereocenters. The molecule has 5 heteroatoms. The number of halogens is 3. The molecule has 0 aliphatic carbocycles. The van der Waals surface area contributed by atoms with Crippen LogP contribution < -0.4 is 0 Å². The molecule has 2 rings (SSSR count). The largest absolute Gasteiger partial charge is 0.416 e. The van der Waals surface area contributed by atoms with E-state index < -0.39 is 11.7 Å². The van der Waals surface area contributed by atoms with E-state index in [1.807, 2.05) is 0 Å². The fourth-order valence-corrected chi connectivity index (χ4v) is 2.52. The molecule has 20 heavy (non-hydrogen) atoms. The molecule has 0 radical (unpaired) electrons. The normalized spacial score (nSPS) is 20.1. The van der Waals surface area contributed by atoms with E-state index >= 15 is 0 Å². The highest BCUT2D eigenvalue weighted by Gasteiger charge is 2.30. The fraction of sp³-hybridized carbons (Fsp3) is 0.600. The molecule has 0 aromatic heterocycles. The molecular formula is C15H21F3N2. The van der Waals surface area contributed by atoms with E-state index in [1.54, 1.807) is 12.1 Å². The smallest absolute Gasteiger partial charge is 0.304 e. The maximum atomic E-state index is 12.5. The molecule has 0 bridgehead atoms. The Morgan fingerprint density at radius 2 is 1.60 bits per heavy atom. The monoisotopic (exact) mass is 286 g/mol. The van der Waals surface area contributed by atoms with Gasteiger partial charge in [0, 0.05) is 32.7 Å². The second-order valence-electron chi connectivity index (χ2n) is 5.62. The summed E-state index contributed by atoms with van der Waals surface area (Å²) in [6.45, 7) is 7.14. The summed E-state index contributed by atoms with van der Waals surface area (Å²) in [4.78, 5) is 4.67. The van der Waals surface area contributed by atoms with Gasteiger partial charge in [0.1, 0.15) is 0 Å². The van der Waals surface area contributed by atoms with Crippen LogP contribution in [0.5, 0.6) is 0 Å². The number of alkyl halides is 3. The minimum absolute atomic E-state index is 0.251. The van der Waals surface area contributed by atoms with Crippen LogP contribution >= 0.6 is 0 Å². The van der Waals surface area contributed by atoms with Gasteiger partial charge < -0.3 is 9.80 Å². The summed E-state index contributed by atoms with van der Waals surface area (Å²) >= 11 is 0. The van der Waals surface area contributed by atoms with Crippen molar-refractivity contribution in [3.05, 3.63) is 35.4 Å². The van der Waals surface area contributed by atoms with Crippen molar-refractivity contribution in [1.29, 1.82) is 0 Å². The molecule has 0 N–H and O–H groups in total. The van der Waals surface area contributed by atoms with E-state index in [1.165, 1.54) is 12.1 Å². The number of rotatable bonds is 3. The molecule has 0 spiro atoms. The molecule has 1 saturated heterocycles. The van der Waals surface area contributed by atoms with Gasteiger partial charge in [0.2, 0.25) is 0 Å². The summed E-state index contributed by atoms with van der Waals surface area (Å²) in [6, 6.07) is 5.55. The quantitative estimate of drug-likeness (QED) is 0.842. The van der Waals surface area contributed by atoms with Crippen LogP contribution in [-0.4, -0.2) is 49.6 Å². The van der Waals surface area contributed by atoms with Crippen LogP contribution in [0.15, 0.2) is 24.3 Å². The van der Waals surface area contributed by atoms with Crippen LogP contribution in [0.4, 0.5) is 13.2 Å².